The van der Waals surface area contributed by atoms with Gasteiger partial charge in [0.1, 0.15) is 29.4 Å². The normalized spacial score (nSPS) is 33.3. The van der Waals surface area contributed by atoms with Crippen LogP contribution in [0, 0.1) is 0 Å². The molecule has 4 heterocycles. The second-order valence-corrected chi connectivity index (χ2v) is 8.27. The van der Waals surface area contributed by atoms with E-state index in [0.29, 0.717) is 10.6 Å². The lowest BCUT2D eigenvalue weighted by Gasteiger charge is -2.23. The highest BCUT2D eigenvalue weighted by Gasteiger charge is 2.55. The average molecular weight is 339 g/mol. The van der Waals surface area contributed by atoms with E-state index >= 15 is 0 Å². The van der Waals surface area contributed by atoms with E-state index in [2.05, 4.69) is 9.97 Å². The smallest absolute Gasteiger partial charge is 0.260 e. The fourth-order valence-electron chi connectivity index (χ4n) is 3.30. The minimum Gasteiger partial charge on any atom is -0.394 e. The molecule has 0 aromatic carbocycles. The topological polar surface area (TPSA) is 120 Å². The van der Waals surface area contributed by atoms with E-state index in [1.165, 1.54) is 0 Å². The largest absolute Gasteiger partial charge is 0.394 e. The van der Waals surface area contributed by atoms with Crippen LogP contribution in [-0.4, -0.2) is 45.8 Å². The van der Waals surface area contributed by atoms with Gasteiger partial charge in [0.25, 0.3) is 5.56 Å². The molecular weight excluding hydrogens is 321 g/mol. The van der Waals surface area contributed by atoms with Crippen molar-refractivity contribution in [1.82, 2.24) is 9.97 Å². The van der Waals surface area contributed by atoms with Crippen molar-refractivity contribution in [3.63, 3.8) is 0 Å². The minimum absolute atomic E-state index is 0.0853. The lowest BCUT2D eigenvalue weighted by atomic mass is 10.2. The first-order chi connectivity index (χ1) is 10.9. The quantitative estimate of drug-likeness (QED) is 0.743. The van der Waals surface area contributed by atoms with Crippen LogP contribution in [-0.2, 0) is 14.2 Å². The molecule has 9 heteroatoms. The van der Waals surface area contributed by atoms with E-state index in [-0.39, 0.29) is 36.2 Å². The fourth-order valence-corrected chi connectivity index (χ4v) is 5.67. The average Bonchev–Trinajstić information content (AvgIpc) is 3.09. The Morgan fingerprint density at radius 3 is 2.91 bits per heavy atom. The summed E-state index contributed by atoms with van der Waals surface area (Å²) in [5, 5.41) is 10.7. The molecule has 4 rings (SSSR count). The van der Waals surface area contributed by atoms with Crippen molar-refractivity contribution in [1.29, 1.82) is 0 Å². The number of nitrogen functional groups attached to an aromatic ring is 1. The molecule has 8 nitrogen and oxygen atoms in total. The minimum atomic E-state index is -1.03. The van der Waals surface area contributed by atoms with Crippen LogP contribution in [0.25, 0.3) is 10.6 Å². The van der Waals surface area contributed by atoms with Crippen molar-refractivity contribution in [2.45, 2.75) is 43.8 Å². The van der Waals surface area contributed by atoms with Gasteiger partial charge in [-0.05, 0) is 25.7 Å². The van der Waals surface area contributed by atoms with Gasteiger partial charge in [0.05, 0.1) is 12.0 Å². The Labute approximate surface area is 132 Å². The SMILES string of the molecule is CC1(C)OC2C(CO)OC(p3ccc4c(=O)[nH]c(N)nc43)C2O1. The highest BCUT2D eigenvalue weighted by atomic mass is 31.1. The summed E-state index contributed by atoms with van der Waals surface area (Å²) in [6, 6.07) is 1.75. The lowest BCUT2D eigenvalue weighted by molar-refractivity contribution is -0.185. The molecule has 4 N–H and O–H groups in total. The van der Waals surface area contributed by atoms with Crippen LogP contribution in [0.15, 0.2) is 16.7 Å². The zero-order valence-corrected chi connectivity index (χ0v) is 13.6. The Balaban J connectivity index is 1.80. The van der Waals surface area contributed by atoms with E-state index < -0.39 is 19.4 Å². The Morgan fingerprint density at radius 2 is 2.17 bits per heavy atom. The predicted molar refractivity (Wildman–Crippen MR) is 84.3 cm³/mol. The molecule has 0 bridgehead atoms. The molecule has 124 valence electrons. The summed E-state index contributed by atoms with van der Waals surface area (Å²) < 4.78 is 17.8. The van der Waals surface area contributed by atoms with Gasteiger partial charge in [0.2, 0.25) is 5.95 Å². The van der Waals surface area contributed by atoms with Crippen LogP contribution in [0.3, 0.4) is 0 Å². The van der Waals surface area contributed by atoms with Crippen molar-refractivity contribution < 1.29 is 19.3 Å². The summed E-state index contributed by atoms with van der Waals surface area (Å²) in [6.07, 6.45) is -1.10. The Bertz CT molecular complexity index is 816. The first-order valence-corrected chi connectivity index (χ1v) is 8.86. The molecular formula is C14H18N3O5P. The van der Waals surface area contributed by atoms with Gasteiger partial charge in [-0.25, -0.2) is 4.98 Å². The molecule has 5 atom stereocenters. The molecule has 2 aliphatic rings. The van der Waals surface area contributed by atoms with Crippen LogP contribution < -0.4 is 11.3 Å². The number of fused-ring (bicyclic) bond motifs is 2. The molecule has 0 aliphatic carbocycles. The molecule has 2 fully saturated rings. The number of rotatable bonds is 2. The number of anilines is 1. The summed E-state index contributed by atoms with van der Waals surface area (Å²) in [6.45, 7) is 3.52. The molecule has 0 spiro atoms. The number of nitrogens with zero attached hydrogens (tertiary/aromatic N) is 1. The predicted octanol–water partition coefficient (Wildman–Crippen LogP) is 0.902. The van der Waals surface area contributed by atoms with Crippen LogP contribution in [0.1, 0.15) is 19.7 Å². The van der Waals surface area contributed by atoms with Gasteiger partial charge in [0, 0.05) is 0 Å². The number of H-pyrrole nitrogens is 1. The fraction of sp³-hybridized carbons (Fsp3) is 0.571. The van der Waals surface area contributed by atoms with E-state index in [1.54, 1.807) is 6.07 Å². The monoisotopic (exact) mass is 339 g/mol. The van der Waals surface area contributed by atoms with Gasteiger partial charge < -0.3 is 25.1 Å². The lowest BCUT2D eigenvalue weighted by Crippen LogP contribution is -2.31. The maximum absolute atomic E-state index is 12.0. The van der Waals surface area contributed by atoms with Crippen molar-refractivity contribution in [2.75, 3.05) is 12.3 Å². The zero-order chi connectivity index (χ0) is 16.4. The van der Waals surface area contributed by atoms with Crippen molar-refractivity contribution in [3.05, 3.63) is 22.2 Å². The number of hydrogen-bond acceptors (Lipinski definition) is 7. The van der Waals surface area contributed by atoms with E-state index in [0.717, 1.165) is 0 Å². The maximum atomic E-state index is 12.0. The molecule has 2 aromatic heterocycles. The number of aliphatic hydroxyl groups excluding tert-OH is 1. The number of nitrogens with two attached hydrogens (primary N) is 1. The van der Waals surface area contributed by atoms with E-state index in [4.69, 9.17) is 19.9 Å². The summed E-state index contributed by atoms with van der Waals surface area (Å²) in [5.41, 5.74) is 5.42. The Morgan fingerprint density at radius 1 is 1.43 bits per heavy atom. The maximum Gasteiger partial charge on any atom is 0.260 e. The third kappa shape index (κ3) is 2.29. The number of aromatic amines is 1. The number of hydrogen-bond donors (Lipinski definition) is 3. The molecule has 0 saturated carbocycles. The number of ether oxygens (including phenoxy) is 3. The first kappa shape index (κ1) is 15.1. The third-order valence-electron chi connectivity index (χ3n) is 4.18. The number of aliphatic hydroxyl groups is 1. The molecule has 5 unspecified atom stereocenters. The van der Waals surface area contributed by atoms with Crippen LogP contribution in [0.2, 0.25) is 0 Å². The van der Waals surface area contributed by atoms with Gasteiger partial charge in [-0.15, -0.1) is 0 Å². The highest BCUT2D eigenvalue weighted by molar-refractivity contribution is 7.55. The molecule has 0 radical (unpaired) electrons. The summed E-state index contributed by atoms with van der Waals surface area (Å²) in [7, 11) is -1.03. The van der Waals surface area contributed by atoms with E-state index in [9.17, 15) is 9.90 Å². The number of nitrogens with one attached hydrogen (secondary N) is 1. The Kier molecular flexibility index (Phi) is 3.30. The molecule has 2 saturated heterocycles. The summed E-state index contributed by atoms with van der Waals surface area (Å²) in [4.78, 5) is 18.8. The summed E-state index contributed by atoms with van der Waals surface area (Å²) in [5.74, 6) is 0.951. The molecule has 0 amide bonds. The molecule has 2 aromatic rings. The van der Waals surface area contributed by atoms with Crippen molar-refractivity contribution >= 4 is 24.1 Å². The van der Waals surface area contributed by atoms with Gasteiger partial charge in [-0.3, -0.25) is 9.78 Å². The van der Waals surface area contributed by atoms with Crippen LogP contribution >= 0.6 is 7.53 Å². The number of aromatic nitrogens is 2. The van der Waals surface area contributed by atoms with Gasteiger partial charge in [-0.1, -0.05) is 7.53 Å². The van der Waals surface area contributed by atoms with Gasteiger partial charge in [-0.2, -0.15) is 0 Å². The van der Waals surface area contributed by atoms with Crippen molar-refractivity contribution in [2.24, 2.45) is 0 Å². The van der Waals surface area contributed by atoms with Crippen LogP contribution in [0.4, 0.5) is 5.95 Å². The molecule has 23 heavy (non-hydrogen) atoms. The highest BCUT2D eigenvalue weighted by Crippen LogP contribution is 2.56. The second kappa shape index (κ2) is 5.03. The Hall–Kier alpha value is -1.44. The van der Waals surface area contributed by atoms with Gasteiger partial charge >= 0.3 is 0 Å². The first-order valence-electron chi connectivity index (χ1n) is 7.38. The zero-order valence-electron chi connectivity index (χ0n) is 12.7. The van der Waals surface area contributed by atoms with E-state index in [1.807, 2.05) is 19.6 Å². The van der Waals surface area contributed by atoms with Gasteiger partial charge in [0.15, 0.2) is 5.79 Å². The molecule has 2 aliphatic heterocycles. The standard InChI is InChI=1S/C14H18N3O5P/c1-14(2)21-8-7(5-18)20-12(9(8)22-14)23-4-3-6-10(19)16-13(15)17-11(6)23/h3-4,7-9,12,18H,5H2,1-2H3,(H3,15,16,17,19). The summed E-state index contributed by atoms with van der Waals surface area (Å²) >= 11 is 0. The third-order valence-corrected chi connectivity index (χ3v) is 6.44. The van der Waals surface area contributed by atoms with Crippen molar-refractivity contribution in [3.8, 4) is 0 Å². The second-order valence-electron chi connectivity index (χ2n) is 6.22. The van der Waals surface area contributed by atoms with Crippen LogP contribution in [0.5, 0.6) is 0 Å².